The van der Waals surface area contributed by atoms with Crippen LogP contribution in [0.1, 0.15) is 32.3 Å². The summed E-state index contributed by atoms with van der Waals surface area (Å²) >= 11 is 1.78. The Morgan fingerprint density at radius 3 is 2.79 bits per heavy atom. The van der Waals surface area contributed by atoms with Crippen LogP contribution in [0, 0.1) is 0 Å². The number of hydrogen-bond donors (Lipinski definition) is 2. The van der Waals surface area contributed by atoms with Gasteiger partial charge in [-0.15, -0.1) is 0 Å². The Morgan fingerprint density at radius 1 is 1.50 bits per heavy atom. The summed E-state index contributed by atoms with van der Waals surface area (Å²) in [5.41, 5.74) is 1.31. The molecular formula is C10H19N3S. The molecule has 1 aromatic heterocycles. The summed E-state index contributed by atoms with van der Waals surface area (Å²) < 4.78 is 0. The number of imidazole rings is 1. The van der Waals surface area contributed by atoms with Crippen molar-refractivity contribution in [2.24, 2.45) is 0 Å². The molecule has 1 aromatic rings. The molecule has 80 valence electrons. The first-order valence-corrected chi connectivity index (χ1v) is 6.17. The molecule has 0 atom stereocenters. The molecule has 0 unspecified atom stereocenters. The fourth-order valence-electron chi connectivity index (χ4n) is 1.07. The van der Waals surface area contributed by atoms with Crippen LogP contribution in [0.5, 0.6) is 0 Å². The van der Waals surface area contributed by atoms with Gasteiger partial charge in [-0.1, -0.05) is 0 Å². The van der Waals surface area contributed by atoms with E-state index < -0.39 is 0 Å². The lowest BCUT2D eigenvalue weighted by atomic mass is 10.1. The second kappa shape index (κ2) is 4.84. The molecule has 2 N–H and O–H groups in total. The van der Waals surface area contributed by atoms with E-state index in [0.29, 0.717) is 0 Å². The fraction of sp³-hybridized carbons (Fsp3) is 0.700. The monoisotopic (exact) mass is 213 g/mol. The highest BCUT2D eigenvalue weighted by atomic mass is 32.2. The van der Waals surface area contributed by atoms with E-state index in [0.717, 1.165) is 23.8 Å². The van der Waals surface area contributed by atoms with Crippen LogP contribution in [0.2, 0.25) is 0 Å². The van der Waals surface area contributed by atoms with Gasteiger partial charge in [0, 0.05) is 24.0 Å². The van der Waals surface area contributed by atoms with Gasteiger partial charge in [-0.2, -0.15) is 11.8 Å². The number of aromatic amines is 1. The van der Waals surface area contributed by atoms with Crippen molar-refractivity contribution in [1.29, 1.82) is 0 Å². The van der Waals surface area contributed by atoms with Crippen molar-refractivity contribution < 1.29 is 0 Å². The van der Waals surface area contributed by atoms with Gasteiger partial charge in [0.15, 0.2) is 0 Å². The topological polar surface area (TPSA) is 40.7 Å². The SMILES string of the molecule is CSCc1ncc(CNC(C)(C)C)[nH]1. The zero-order chi connectivity index (χ0) is 10.6. The number of rotatable bonds is 4. The third kappa shape index (κ3) is 4.15. The lowest BCUT2D eigenvalue weighted by Gasteiger charge is -2.19. The molecule has 0 aliphatic carbocycles. The van der Waals surface area contributed by atoms with Crippen molar-refractivity contribution in [2.45, 2.75) is 38.6 Å². The summed E-state index contributed by atoms with van der Waals surface area (Å²) in [5, 5.41) is 3.42. The molecular weight excluding hydrogens is 194 g/mol. The molecule has 0 aliphatic rings. The van der Waals surface area contributed by atoms with E-state index in [1.54, 1.807) is 11.8 Å². The summed E-state index contributed by atoms with van der Waals surface area (Å²) in [6.45, 7) is 7.33. The van der Waals surface area contributed by atoms with Crippen LogP contribution >= 0.6 is 11.8 Å². The largest absolute Gasteiger partial charge is 0.344 e. The van der Waals surface area contributed by atoms with E-state index in [9.17, 15) is 0 Å². The third-order valence-corrected chi connectivity index (χ3v) is 2.33. The summed E-state index contributed by atoms with van der Waals surface area (Å²) in [4.78, 5) is 7.58. The summed E-state index contributed by atoms with van der Waals surface area (Å²) in [6, 6.07) is 0. The third-order valence-electron chi connectivity index (χ3n) is 1.77. The predicted molar refractivity (Wildman–Crippen MR) is 62.4 cm³/mol. The molecule has 0 aliphatic heterocycles. The van der Waals surface area contributed by atoms with Gasteiger partial charge >= 0.3 is 0 Å². The van der Waals surface area contributed by atoms with Gasteiger partial charge in [0.25, 0.3) is 0 Å². The number of aromatic nitrogens is 2. The van der Waals surface area contributed by atoms with E-state index in [2.05, 4.69) is 42.3 Å². The first-order valence-electron chi connectivity index (χ1n) is 4.78. The maximum absolute atomic E-state index is 4.29. The first-order chi connectivity index (χ1) is 6.51. The molecule has 0 fully saturated rings. The van der Waals surface area contributed by atoms with Crippen molar-refractivity contribution in [3.05, 3.63) is 17.7 Å². The van der Waals surface area contributed by atoms with Gasteiger partial charge in [-0.3, -0.25) is 0 Å². The summed E-state index contributed by atoms with van der Waals surface area (Å²) in [6.07, 6.45) is 3.99. The number of H-pyrrole nitrogens is 1. The Hall–Kier alpha value is -0.480. The summed E-state index contributed by atoms with van der Waals surface area (Å²) in [5.74, 6) is 2.01. The molecule has 1 rings (SSSR count). The zero-order valence-corrected chi connectivity index (χ0v) is 10.2. The van der Waals surface area contributed by atoms with E-state index in [1.165, 1.54) is 0 Å². The quantitative estimate of drug-likeness (QED) is 0.805. The molecule has 14 heavy (non-hydrogen) atoms. The van der Waals surface area contributed by atoms with Crippen LogP contribution in [0.4, 0.5) is 0 Å². The molecule has 0 radical (unpaired) electrons. The lowest BCUT2D eigenvalue weighted by Crippen LogP contribution is -2.35. The molecule has 0 bridgehead atoms. The van der Waals surface area contributed by atoms with E-state index in [4.69, 9.17) is 0 Å². The minimum atomic E-state index is 0.158. The van der Waals surface area contributed by atoms with Crippen molar-refractivity contribution in [3.63, 3.8) is 0 Å². The molecule has 0 aromatic carbocycles. The van der Waals surface area contributed by atoms with Crippen molar-refractivity contribution in [1.82, 2.24) is 15.3 Å². The Morgan fingerprint density at radius 2 is 2.21 bits per heavy atom. The predicted octanol–water partition coefficient (Wildman–Crippen LogP) is 2.16. The van der Waals surface area contributed by atoms with Crippen LogP contribution in [0.3, 0.4) is 0 Å². The highest BCUT2D eigenvalue weighted by Crippen LogP contribution is 2.06. The van der Waals surface area contributed by atoms with Crippen molar-refractivity contribution in [3.8, 4) is 0 Å². The van der Waals surface area contributed by atoms with Gasteiger partial charge in [0.1, 0.15) is 5.82 Å². The fourth-order valence-corrected chi connectivity index (χ4v) is 1.49. The minimum absolute atomic E-state index is 0.158. The van der Waals surface area contributed by atoms with Crippen LogP contribution < -0.4 is 5.32 Å². The van der Waals surface area contributed by atoms with E-state index in [-0.39, 0.29) is 5.54 Å². The van der Waals surface area contributed by atoms with Gasteiger partial charge in [0.2, 0.25) is 0 Å². The molecule has 4 heteroatoms. The highest BCUT2D eigenvalue weighted by molar-refractivity contribution is 7.97. The van der Waals surface area contributed by atoms with E-state index >= 15 is 0 Å². The van der Waals surface area contributed by atoms with Crippen LogP contribution in [-0.2, 0) is 12.3 Å². The number of nitrogens with zero attached hydrogens (tertiary/aromatic N) is 1. The molecule has 3 nitrogen and oxygen atoms in total. The normalized spacial score (nSPS) is 12.0. The van der Waals surface area contributed by atoms with E-state index in [1.807, 2.05) is 6.20 Å². The number of hydrogen-bond acceptors (Lipinski definition) is 3. The Labute approximate surface area is 90.1 Å². The number of nitrogens with one attached hydrogen (secondary N) is 2. The summed E-state index contributed by atoms with van der Waals surface area (Å²) in [7, 11) is 0. The molecule has 0 saturated heterocycles. The standard InChI is InChI=1S/C10H19N3S/c1-10(2,3)12-6-8-5-11-9(13-8)7-14-4/h5,12H,6-7H2,1-4H3,(H,11,13). The molecule has 0 amide bonds. The van der Waals surface area contributed by atoms with Crippen molar-refractivity contribution >= 4 is 11.8 Å². The van der Waals surface area contributed by atoms with Gasteiger partial charge in [-0.05, 0) is 27.0 Å². The lowest BCUT2D eigenvalue weighted by molar-refractivity contribution is 0.421. The second-order valence-corrected chi connectivity index (χ2v) is 5.26. The molecule has 0 spiro atoms. The molecule has 0 saturated carbocycles. The van der Waals surface area contributed by atoms with Crippen LogP contribution in [0.15, 0.2) is 6.20 Å². The smallest absolute Gasteiger partial charge is 0.116 e. The molecule has 1 heterocycles. The van der Waals surface area contributed by atoms with Gasteiger partial charge in [-0.25, -0.2) is 4.98 Å². The van der Waals surface area contributed by atoms with Crippen LogP contribution in [0.25, 0.3) is 0 Å². The van der Waals surface area contributed by atoms with Gasteiger partial charge < -0.3 is 10.3 Å². The minimum Gasteiger partial charge on any atom is -0.344 e. The Bertz CT molecular complexity index is 275. The van der Waals surface area contributed by atoms with Crippen molar-refractivity contribution in [2.75, 3.05) is 6.26 Å². The van der Waals surface area contributed by atoms with Crippen LogP contribution in [-0.4, -0.2) is 21.8 Å². The second-order valence-electron chi connectivity index (χ2n) is 4.39. The highest BCUT2D eigenvalue weighted by Gasteiger charge is 2.09. The Balaban J connectivity index is 2.44. The first kappa shape index (κ1) is 11.6. The maximum Gasteiger partial charge on any atom is 0.116 e. The Kier molecular flexibility index (Phi) is 4.01. The number of thioether (sulfide) groups is 1. The van der Waals surface area contributed by atoms with Gasteiger partial charge in [0.05, 0.1) is 5.75 Å². The average Bonchev–Trinajstić information content (AvgIpc) is 2.49. The average molecular weight is 213 g/mol. The maximum atomic E-state index is 4.29. The zero-order valence-electron chi connectivity index (χ0n) is 9.35.